The zero-order chi connectivity index (χ0) is 13.1. The molecule has 0 spiro atoms. The van der Waals surface area contributed by atoms with E-state index in [1.165, 1.54) is 83.5 Å². The van der Waals surface area contributed by atoms with Crippen molar-refractivity contribution in [3.8, 4) is 0 Å². The van der Waals surface area contributed by atoms with E-state index in [4.69, 9.17) is 0 Å². The van der Waals surface area contributed by atoms with Crippen LogP contribution in [0.2, 0.25) is 0 Å². The molecular formula is C18H33N. The first-order valence-electron chi connectivity index (χ1n) is 9.10. The molecule has 3 rings (SSSR count). The molecule has 4 atom stereocenters. The Morgan fingerprint density at radius 1 is 0.526 bits per heavy atom. The molecule has 2 saturated carbocycles. The molecule has 2 aliphatic carbocycles. The van der Waals surface area contributed by atoms with Gasteiger partial charge in [-0.1, -0.05) is 57.8 Å². The van der Waals surface area contributed by atoms with Crippen molar-refractivity contribution >= 4 is 0 Å². The Labute approximate surface area is 120 Å². The maximum Gasteiger partial charge on any atom is 0.0127 e. The molecule has 0 aromatic heterocycles. The third-order valence-corrected chi connectivity index (χ3v) is 6.41. The van der Waals surface area contributed by atoms with E-state index in [0.717, 1.165) is 23.9 Å². The van der Waals surface area contributed by atoms with Crippen LogP contribution in [0.3, 0.4) is 0 Å². The number of hydrogen-bond donors (Lipinski definition) is 0. The first-order valence-corrected chi connectivity index (χ1v) is 9.10. The molecule has 0 aromatic carbocycles. The second-order valence-corrected chi connectivity index (χ2v) is 7.46. The predicted molar refractivity (Wildman–Crippen MR) is 82.3 cm³/mol. The molecule has 0 bridgehead atoms. The second-order valence-electron chi connectivity index (χ2n) is 7.46. The molecular weight excluding hydrogens is 230 g/mol. The van der Waals surface area contributed by atoms with Crippen LogP contribution in [0.4, 0.5) is 0 Å². The fourth-order valence-electron chi connectivity index (χ4n) is 5.42. The van der Waals surface area contributed by atoms with Crippen LogP contribution in [-0.4, -0.2) is 24.0 Å². The molecule has 1 saturated heterocycles. The summed E-state index contributed by atoms with van der Waals surface area (Å²) in [4.78, 5) is 2.84. The molecule has 110 valence electrons. The molecule has 19 heavy (non-hydrogen) atoms. The van der Waals surface area contributed by atoms with Crippen LogP contribution in [0.5, 0.6) is 0 Å². The molecule has 0 amide bonds. The van der Waals surface area contributed by atoms with Crippen LogP contribution < -0.4 is 0 Å². The Morgan fingerprint density at radius 2 is 0.895 bits per heavy atom. The summed E-state index contributed by atoms with van der Waals surface area (Å²) in [5.74, 6) is 2.10. The van der Waals surface area contributed by atoms with Crippen molar-refractivity contribution in [3.05, 3.63) is 0 Å². The third kappa shape index (κ3) is 3.01. The maximum absolute atomic E-state index is 2.84. The third-order valence-electron chi connectivity index (χ3n) is 6.41. The maximum atomic E-state index is 2.84. The van der Waals surface area contributed by atoms with Crippen molar-refractivity contribution in [1.82, 2.24) is 4.90 Å². The van der Waals surface area contributed by atoms with Crippen LogP contribution in [0.25, 0.3) is 0 Å². The van der Waals surface area contributed by atoms with Crippen LogP contribution >= 0.6 is 0 Å². The van der Waals surface area contributed by atoms with Gasteiger partial charge < -0.3 is 0 Å². The van der Waals surface area contributed by atoms with E-state index < -0.39 is 0 Å². The first-order chi connectivity index (χ1) is 9.38. The van der Waals surface area contributed by atoms with E-state index in [1.54, 1.807) is 0 Å². The Kier molecular flexibility index (Phi) is 4.84. The first kappa shape index (κ1) is 13.9. The average Bonchev–Trinajstić information content (AvgIpc) is 2.67. The molecule has 1 heteroatoms. The van der Waals surface area contributed by atoms with E-state index in [-0.39, 0.29) is 0 Å². The minimum Gasteiger partial charge on any atom is -0.300 e. The van der Waals surface area contributed by atoms with Gasteiger partial charge in [-0.2, -0.15) is 0 Å². The average molecular weight is 263 g/mol. The molecule has 1 nitrogen and oxygen atoms in total. The lowest BCUT2D eigenvalue weighted by Gasteiger charge is -2.29. The van der Waals surface area contributed by atoms with Crippen molar-refractivity contribution in [2.45, 2.75) is 95.6 Å². The van der Waals surface area contributed by atoms with Gasteiger partial charge in [0.25, 0.3) is 0 Å². The summed E-state index contributed by atoms with van der Waals surface area (Å²) in [6.45, 7) is 0. The van der Waals surface area contributed by atoms with Gasteiger partial charge >= 0.3 is 0 Å². The van der Waals surface area contributed by atoms with Gasteiger partial charge in [-0.15, -0.1) is 0 Å². The van der Waals surface area contributed by atoms with E-state index in [9.17, 15) is 0 Å². The van der Waals surface area contributed by atoms with E-state index >= 15 is 0 Å². The molecule has 1 heterocycles. The number of fused-ring (bicyclic) bond motifs is 3. The smallest absolute Gasteiger partial charge is 0.0127 e. The highest BCUT2D eigenvalue weighted by Crippen LogP contribution is 2.45. The van der Waals surface area contributed by atoms with Crippen molar-refractivity contribution in [1.29, 1.82) is 0 Å². The monoisotopic (exact) mass is 263 g/mol. The minimum absolute atomic E-state index is 0.936. The molecule has 4 unspecified atom stereocenters. The fraction of sp³-hybridized carbons (Fsp3) is 1.00. The zero-order valence-electron chi connectivity index (χ0n) is 12.9. The van der Waals surface area contributed by atoms with Gasteiger partial charge in [0.2, 0.25) is 0 Å². The molecule has 1 aliphatic heterocycles. The van der Waals surface area contributed by atoms with Gasteiger partial charge in [-0.05, 0) is 44.6 Å². The molecule has 0 radical (unpaired) electrons. The fourth-order valence-corrected chi connectivity index (χ4v) is 5.42. The number of nitrogens with zero attached hydrogens (tertiary/aromatic N) is 1. The summed E-state index contributed by atoms with van der Waals surface area (Å²) < 4.78 is 0. The van der Waals surface area contributed by atoms with Gasteiger partial charge in [-0.3, -0.25) is 4.90 Å². The van der Waals surface area contributed by atoms with Gasteiger partial charge in [0, 0.05) is 12.1 Å². The normalized spacial score (nSPS) is 42.2. The molecule has 0 N–H and O–H groups in total. The van der Waals surface area contributed by atoms with E-state index in [0.29, 0.717) is 0 Å². The lowest BCUT2D eigenvalue weighted by Crippen LogP contribution is -2.34. The summed E-state index contributed by atoms with van der Waals surface area (Å²) in [5.41, 5.74) is 0. The van der Waals surface area contributed by atoms with E-state index in [1.807, 2.05) is 0 Å². The Morgan fingerprint density at radius 3 is 1.37 bits per heavy atom. The Bertz CT molecular complexity index is 275. The molecule has 0 aromatic rings. The predicted octanol–water partition coefficient (Wildman–Crippen LogP) is 5.00. The number of likely N-dealkylation sites (tertiary alicyclic amines) is 1. The summed E-state index contributed by atoms with van der Waals surface area (Å²) in [7, 11) is 2.46. The van der Waals surface area contributed by atoms with Crippen LogP contribution in [0.15, 0.2) is 0 Å². The summed E-state index contributed by atoms with van der Waals surface area (Å²) in [5, 5.41) is 0. The van der Waals surface area contributed by atoms with Gasteiger partial charge in [0.15, 0.2) is 0 Å². The minimum atomic E-state index is 0.936. The highest BCUT2D eigenvalue weighted by Gasteiger charge is 2.45. The lowest BCUT2D eigenvalue weighted by molar-refractivity contribution is 0.190. The lowest BCUT2D eigenvalue weighted by atomic mass is 9.77. The van der Waals surface area contributed by atoms with E-state index in [2.05, 4.69) is 11.9 Å². The van der Waals surface area contributed by atoms with Gasteiger partial charge in [0.1, 0.15) is 0 Å². The van der Waals surface area contributed by atoms with Crippen LogP contribution in [0.1, 0.15) is 83.5 Å². The van der Waals surface area contributed by atoms with Crippen LogP contribution in [-0.2, 0) is 0 Å². The summed E-state index contributed by atoms with van der Waals surface area (Å²) >= 11 is 0. The quantitative estimate of drug-likeness (QED) is 0.594. The second kappa shape index (κ2) is 6.61. The summed E-state index contributed by atoms with van der Waals surface area (Å²) in [6, 6.07) is 1.88. The van der Waals surface area contributed by atoms with Gasteiger partial charge in [-0.25, -0.2) is 0 Å². The van der Waals surface area contributed by atoms with Crippen molar-refractivity contribution in [3.63, 3.8) is 0 Å². The van der Waals surface area contributed by atoms with Crippen molar-refractivity contribution in [2.75, 3.05) is 7.05 Å². The SMILES string of the molecule is CN1C2CCCCCCCC2C2CCCCCCC21. The molecule has 3 aliphatic rings. The number of hydrogen-bond acceptors (Lipinski definition) is 1. The van der Waals surface area contributed by atoms with Crippen LogP contribution in [0, 0.1) is 11.8 Å². The Balaban J connectivity index is 1.75. The largest absolute Gasteiger partial charge is 0.300 e. The highest BCUT2D eigenvalue weighted by atomic mass is 15.2. The topological polar surface area (TPSA) is 3.24 Å². The number of rotatable bonds is 0. The van der Waals surface area contributed by atoms with Crippen molar-refractivity contribution in [2.24, 2.45) is 11.8 Å². The highest BCUT2D eigenvalue weighted by molar-refractivity contribution is 4.98. The molecule has 3 fully saturated rings. The van der Waals surface area contributed by atoms with Gasteiger partial charge in [0.05, 0.1) is 0 Å². The van der Waals surface area contributed by atoms with Crippen molar-refractivity contribution < 1.29 is 0 Å². The standard InChI is InChI=1S/C18H33N/c1-19-17-13-9-4-2-3-7-11-15(17)16-12-8-5-6-10-14-18(16)19/h15-18H,2-14H2,1H3. The summed E-state index contributed by atoms with van der Waals surface area (Å²) in [6.07, 6.45) is 19.6. The Hall–Kier alpha value is -0.0400. The zero-order valence-corrected chi connectivity index (χ0v) is 12.9.